The fraction of sp³-hybridized carbons (Fsp3) is 0.846. The van der Waals surface area contributed by atoms with Crippen molar-refractivity contribution in [2.24, 2.45) is 5.41 Å². The molecule has 104 valence electrons. The lowest BCUT2D eigenvalue weighted by molar-refractivity contribution is -0.131. The number of carbonyl (C=O) groups is 2. The van der Waals surface area contributed by atoms with E-state index in [1.165, 1.54) is 0 Å². The van der Waals surface area contributed by atoms with Gasteiger partial charge in [-0.3, -0.25) is 9.59 Å². The Morgan fingerprint density at radius 3 is 2.39 bits per heavy atom. The second kappa shape index (κ2) is 6.18. The van der Waals surface area contributed by atoms with Gasteiger partial charge in [-0.05, 0) is 12.8 Å². The quantitative estimate of drug-likeness (QED) is 0.690. The van der Waals surface area contributed by atoms with Crippen molar-refractivity contribution in [3.8, 4) is 0 Å². The lowest BCUT2D eigenvalue weighted by Crippen LogP contribution is -2.49. The maximum Gasteiger partial charge on any atom is 0.239 e. The van der Waals surface area contributed by atoms with E-state index in [1.807, 2.05) is 0 Å². The first-order valence-corrected chi connectivity index (χ1v) is 6.56. The maximum atomic E-state index is 11.7. The van der Waals surface area contributed by atoms with Crippen LogP contribution in [0, 0.1) is 5.41 Å². The highest BCUT2D eigenvalue weighted by Crippen LogP contribution is 2.18. The second-order valence-electron chi connectivity index (χ2n) is 5.96. The largest absolute Gasteiger partial charge is 0.391 e. The monoisotopic (exact) mass is 256 g/mol. The summed E-state index contributed by atoms with van der Waals surface area (Å²) in [5.74, 6) is -0.389. The molecule has 5 nitrogen and oxygen atoms in total. The fourth-order valence-corrected chi connectivity index (χ4v) is 1.96. The van der Waals surface area contributed by atoms with Gasteiger partial charge in [0.25, 0.3) is 0 Å². The Kier molecular flexibility index (Phi) is 5.14. The molecular formula is C13H24N2O3. The molecule has 0 heterocycles. The van der Waals surface area contributed by atoms with Gasteiger partial charge in [0.05, 0.1) is 18.7 Å². The summed E-state index contributed by atoms with van der Waals surface area (Å²) in [6.07, 6.45) is 3.12. The molecule has 0 unspecified atom stereocenters. The number of hydrogen-bond acceptors (Lipinski definition) is 3. The molecule has 1 saturated carbocycles. The Hall–Kier alpha value is -1.10. The molecule has 0 aromatic carbocycles. The summed E-state index contributed by atoms with van der Waals surface area (Å²) in [7, 11) is 0. The van der Waals surface area contributed by atoms with Crippen LogP contribution in [-0.2, 0) is 9.59 Å². The van der Waals surface area contributed by atoms with Crippen molar-refractivity contribution in [2.45, 2.75) is 58.6 Å². The molecule has 3 N–H and O–H groups in total. The summed E-state index contributed by atoms with van der Waals surface area (Å²) in [6, 6.07) is -0.169. The van der Waals surface area contributed by atoms with Crippen LogP contribution in [0.2, 0.25) is 0 Å². The van der Waals surface area contributed by atoms with E-state index in [-0.39, 0.29) is 24.4 Å². The number of hydrogen-bond donors (Lipinski definition) is 3. The van der Waals surface area contributed by atoms with Crippen LogP contribution in [0.1, 0.15) is 46.5 Å². The predicted molar refractivity (Wildman–Crippen MR) is 68.9 cm³/mol. The lowest BCUT2D eigenvalue weighted by Gasteiger charge is -2.28. The maximum absolute atomic E-state index is 11.7. The minimum atomic E-state index is -0.495. The van der Waals surface area contributed by atoms with Gasteiger partial charge in [0.15, 0.2) is 0 Å². The van der Waals surface area contributed by atoms with Gasteiger partial charge in [0.1, 0.15) is 0 Å². The fourth-order valence-electron chi connectivity index (χ4n) is 1.96. The molecule has 2 amide bonds. The Bertz CT molecular complexity index is 310. The van der Waals surface area contributed by atoms with Crippen LogP contribution in [0.15, 0.2) is 0 Å². The molecule has 0 aliphatic heterocycles. The van der Waals surface area contributed by atoms with Gasteiger partial charge in [0, 0.05) is 5.41 Å². The zero-order valence-electron chi connectivity index (χ0n) is 11.5. The molecule has 0 saturated heterocycles. The molecule has 18 heavy (non-hydrogen) atoms. The minimum absolute atomic E-state index is 0.0284. The molecule has 2 atom stereocenters. The van der Waals surface area contributed by atoms with Crippen molar-refractivity contribution in [3.63, 3.8) is 0 Å². The lowest BCUT2D eigenvalue weighted by atomic mass is 9.92. The highest BCUT2D eigenvalue weighted by atomic mass is 16.3. The highest BCUT2D eigenvalue weighted by molar-refractivity contribution is 5.87. The molecule has 0 aromatic rings. The van der Waals surface area contributed by atoms with Crippen LogP contribution in [0.25, 0.3) is 0 Å². The van der Waals surface area contributed by atoms with Gasteiger partial charge in [-0.2, -0.15) is 0 Å². The van der Waals surface area contributed by atoms with Crippen molar-refractivity contribution in [3.05, 3.63) is 0 Å². The molecule has 1 fully saturated rings. The van der Waals surface area contributed by atoms with Gasteiger partial charge in [-0.15, -0.1) is 0 Å². The van der Waals surface area contributed by atoms with E-state index >= 15 is 0 Å². The van der Waals surface area contributed by atoms with Gasteiger partial charge >= 0.3 is 0 Å². The van der Waals surface area contributed by atoms with Gasteiger partial charge in [0.2, 0.25) is 11.8 Å². The molecule has 0 spiro atoms. The van der Waals surface area contributed by atoms with Crippen LogP contribution in [0.5, 0.6) is 0 Å². The average Bonchev–Trinajstić information content (AvgIpc) is 2.27. The third-order valence-corrected chi connectivity index (χ3v) is 3.17. The number of nitrogens with one attached hydrogen (secondary N) is 2. The minimum Gasteiger partial charge on any atom is -0.391 e. The SMILES string of the molecule is CC(C)(C)C(=O)NCC(=O)N[C@H]1CCCC[C@@H]1O. The average molecular weight is 256 g/mol. The number of aliphatic hydroxyl groups excluding tert-OH is 1. The third kappa shape index (κ3) is 4.64. The molecule has 1 rings (SSSR count). The Morgan fingerprint density at radius 1 is 1.22 bits per heavy atom. The van der Waals surface area contributed by atoms with E-state index in [0.717, 1.165) is 25.7 Å². The smallest absolute Gasteiger partial charge is 0.239 e. The van der Waals surface area contributed by atoms with E-state index in [1.54, 1.807) is 20.8 Å². The van der Waals surface area contributed by atoms with Crippen LogP contribution >= 0.6 is 0 Å². The van der Waals surface area contributed by atoms with Gasteiger partial charge in [-0.1, -0.05) is 33.6 Å². The number of rotatable bonds is 3. The molecule has 5 heteroatoms. The number of aliphatic hydroxyl groups is 1. The van der Waals surface area contributed by atoms with Crippen LogP contribution in [0.3, 0.4) is 0 Å². The van der Waals surface area contributed by atoms with E-state index in [4.69, 9.17) is 0 Å². The highest BCUT2D eigenvalue weighted by Gasteiger charge is 2.25. The van der Waals surface area contributed by atoms with Crippen LogP contribution < -0.4 is 10.6 Å². The van der Waals surface area contributed by atoms with Crippen molar-refractivity contribution in [1.82, 2.24) is 10.6 Å². The molecule has 0 bridgehead atoms. The Morgan fingerprint density at radius 2 is 1.83 bits per heavy atom. The molecule has 1 aliphatic rings. The Labute approximate surface area is 108 Å². The van der Waals surface area contributed by atoms with Crippen molar-refractivity contribution in [2.75, 3.05) is 6.54 Å². The van der Waals surface area contributed by atoms with E-state index in [9.17, 15) is 14.7 Å². The summed E-state index contributed by atoms with van der Waals surface area (Å²) in [6.45, 7) is 5.36. The summed E-state index contributed by atoms with van der Waals surface area (Å²) < 4.78 is 0. The van der Waals surface area contributed by atoms with Crippen molar-refractivity contribution < 1.29 is 14.7 Å². The first kappa shape index (κ1) is 15.0. The topological polar surface area (TPSA) is 78.4 Å². The normalized spacial score (nSPS) is 24.4. The molecule has 0 aromatic heterocycles. The van der Waals surface area contributed by atoms with Gasteiger partial charge < -0.3 is 15.7 Å². The number of carbonyl (C=O) groups excluding carboxylic acids is 2. The van der Waals surface area contributed by atoms with E-state index in [2.05, 4.69) is 10.6 Å². The second-order valence-corrected chi connectivity index (χ2v) is 5.96. The molecule has 1 aliphatic carbocycles. The summed E-state index contributed by atoms with van der Waals surface area (Å²) in [4.78, 5) is 23.2. The molecule has 0 radical (unpaired) electrons. The van der Waals surface area contributed by atoms with Crippen molar-refractivity contribution >= 4 is 11.8 Å². The van der Waals surface area contributed by atoms with Crippen LogP contribution in [0.4, 0.5) is 0 Å². The van der Waals surface area contributed by atoms with Crippen LogP contribution in [-0.4, -0.2) is 35.6 Å². The standard InChI is InChI=1S/C13H24N2O3/c1-13(2,3)12(18)14-8-11(17)15-9-6-4-5-7-10(9)16/h9-10,16H,4-8H2,1-3H3,(H,14,18)(H,15,17)/t9-,10-/m0/s1. The first-order chi connectivity index (χ1) is 8.30. The Balaban J connectivity index is 2.31. The third-order valence-electron chi connectivity index (χ3n) is 3.17. The summed E-state index contributed by atoms with van der Waals surface area (Å²) in [5, 5.41) is 15.1. The van der Waals surface area contributed by atoms with E-state index in [0.29, 0.717) is 0 Å². The summed E-state index contributed by atoms with van der Waals surface area (Å²) >= 11 is 0. The van der Waals surface area contributed by atoms with Gasteiger partial charge in [-0.25, -0.2) is 0 Å². The first-order valence-electron chi connectivity index (χ1n) is 6.56. The predicted octanol–water partition coefficient (Wildman–Crippen LogP) is 0.568. The zero-order chi connectivity index (χ0) is 13.8. The number of amides is 2. The zero-order valence-corrected chi connectivity index (χ0v) is 11.5. The summed E-state index contributed by atoms with van der Waals surface area (Å²) in [5.41, 5.74) is -0.495. The van der Waals surface area contributed by atoms with Crippen molar-refractivity contribution in [1.29, 1.82) is 0 Å². The molecular weight excluding hydrogens is 232 g/mol. The van der Waals surface area contributed by atoms with E-state index < -0.39 is 11.5 Å².